The number of thioether (sulfide) groups is 1. The Morgan fingerprint density at radius 1 is 1.05 bits per heavy atom. The Kier molecular flexibility index (Phi) is 8.47. The van der Waals surface area contributed by atoms with Crippen LogP contribution in [0.4, 0.5) is 24.5 Å². The summed E-state index contributed by atoms with van der Waals surface area (Å²) in [5.74, 6) is 0.945. The number of alkyl halides is 3. The van der Waals surface area contributed by atoms with Crippen molar-refractivity contribution in [3.8, 4) is 5.75 Å². The van der Waals surface area contributed by atoms with Crippen molar-refractivity contribution in [2.45, 2.75) is 26.1 Å². The molecule has 1 saturated heterocycles. The average Bonchev–Trinajstić information content (AvgIpc) is 2.86. The molecule has 0 aliphatic carbocycles. The summed E-state index contributed by atoms with van der Waals surface area (Å²) in [5.41, 5.74) is 4.34. The Labute approximate surface area is 222 Å². The van der Waals surface area contributed by atoms with Gasteiger partial charge in [0.2, 0.25) is 0 Å². The lowest BCUT2D eigenvalue weighted by Crippen LogP contribution is -2.39. The number of benzene rings is 3. The first-order valence-corrected chi connectivity index (χ1v) is 12.6. The third-order valence-electron chi connectivity index (χ3n) is 5.45. The summed E-state index contributed by atoms with van der Waals surface area (Å²) < 4.78 is 40.5. The third kappa shape index (κ3) is 7.22. The SMILES string of the molecule is CC(C)c1ccccc1N1CS/C1=N\N=C\c1ccc(C(=N)/N=C\Nc2ccc(OC(F)(F)F)cc2)cc1. The number of ether oxygens (including phenoxy) is 1. The summed E-state index contributed by atoms with van der Waals surface area (Å²) in [6.45, 7) is 4.34. The molecule has 3 aromatic rings. The van der Waals surface area contributed by atoms with Gasteiger partial charge in [-0.05, 0) is 47.4 Å². The molecule has 4 rings (SSSR count). The minimum Gasteiger partial charge on any atom is -0.406 e. The van der Waals surface area contributed by atoms with Crippen molar-refractivity contribution in [3.05, 3.63) is 89.5 Å². The number of anilines is 2. The number of rotatable bonds is 8. The smallest absolute Gasteiger partial charge is 0.406 e. The quantitative estimate of drug-likeness (QED) is 0.182. The van der Waals surface area contributed by atoms with Gasteiger partial charge in [-0.2, -0.15) is 5.10 Å². The Morgan fingerprint density at radius 3 is 2.39 bits per heavy atom. The molecule has 0 unspecified atom stereocenters. The Bertz CT molecular complexity index is 1350. The molecule has 11 heteroatoms. The molecular weight excluding hydrogens is 513 g/mol. The van der Waals surface area contributed by atoms with Gasteiger partial charge >= 0.3 is 6.36 Å². The first kappa shape index (κ1) is 26.9. The summed E-state index contributed by atoms with van der Waals surface area (Å²) >= 11 is 1.64. The third-order valence-corrected chi connectivity index (χ3v) is 6.40. The number of halogens is 3. The van der Waals surface area contributed by atoms with Crippen LogP contribution >= 0.6 is 11.8 Å². The minimum absolute atomic E-state index is 0.0172. The number of para-hydroxylation sites is 1. The van der Waals surface area contributed by atoms with Gasteiger partial charge in [-0.3, -0.25) is 5.41 Å². The zero-order valence-corrected chi connectivity index (χ0v) is 21.4. The molecule has 0 aromatic heterocycles. The molecule has 0 radical (unpaired) electrons. The summed E-state index contributed by atoms with van der Waals surface area (Å²) in [7, 11) is 0. The molecule has 0 bridgehead atoms. The van der Waals surface area contributed by atoms with E-state index < -0.39 is 6.36 Å². The van der Waals surface area contributed by atoms with Crippen molar-refractivity contribution in [2.75, 3.05) is 16.1 Å². The van der Waals surface area contributed by atoms with Crippen molar-refractivity contribution in [2.24, 2.45) is 15.2 Å². The van der Waals surface area contributed by atoms with Crippen LogP contribution in [0.25, 0.3) is 0 Å². The number of nitrogens with zero attached hydrogens (tertiary/aromatic N) is 4. The number of hydrogen-bond donors (Lipinski definition) is 2. The molecule has 1 heterocycles. The van der Waals surface area contributed by atoms with Crippen molar-refractivity contribution in [3.63, 3.8) is 0 Å². The van der Waals surface area contributed by atoms with Gasteiger partial charge < -0.3 is 15.0 Å². The van der Waals surface area contributed by atoms with Crippen molar-refractivity contribution in [1.82, 2.24) is 0 Å². The maximum atomic E-state index is 12.2. The highest BCUT2D eigenvalue weighted by atomic mass is 32.2. The fraction of sp³-hybridized carbons (Fsp3) is 0.185. The molecule has 38 heavy (non-hydrogen) atoms. The molecule has 7 nitrogen and oxygen atoms in total. The second-order valence-corrected chi connectivity index (χ2v) is 9.40. The first-order valence-electron chi connectivity index (χ1n) is 11.6. The van der Waals surface area contributed by atoms with E-state index in [-0.39, 0.29) is 11.6 Å². The molecule has 2 N–H and O–H groups in total. The zero-order valence-electron chi connectivity index (χ0n) is 20.6. The van der Waals surface area contributed by atoms with E-state index in [1.54, 1.807) is 30.1 Å². The monoisotopic (exact) mass is 538 g/mol. The molecule has 1 aliphatic rings. The van der Waals surface area contributed by atoms with Gasteiger partial charge in [0.25, 0.3) is 0 Å². The topological polar surface area (TPSA) is 85.4 Å². The van der Waals surface area contributed by atoms with Gasteiger partial charge in [-0.1, -0.05) is 68.1 Å². The van der Waals surface area contributed by atoms with Crippen LogP contribution in [0.15, 0.2) is 88.0 Å². The number of nitrogens with one attached hydrogen (secondary N) is 2. The average molecular weight is 539 g/mol. The van der Waals surface area contributed by atoms with E-state index in [1.165, 1.54) is 36.2 Å². The fourth-order valence-corrected chi connectivity index (χ4v) is 4.25. The number of hydrogen-bond acceptors (Lipinski definition) is 5. The van der Waals surface area contributed by atoms with E-state index in [4.69, 9.17) is 5.41 Å². The van der Waals surface area contributed by atoms with Crippen LogP contribution < -0.4 is 15.0 Å². The lowest BCUT2D eigenvalue weighted by Gasteiger charge is -2.34. The van der Waals surface area contributed by atoms with Crippen LogP contribution in [-0.4, -0.2) is 35.8 Å². The molecule has 3 aromatic carbocycles. The lowest BCUT2D eigenvalue weighted by atomic mass is 10.0. The largest absolute Gasteiger partial charge is 0.573 e. The molecule has 0 saturated carbocycles. The van der Waals surface area contributed by atoms with Crippen LogP contribution in [0.3, 0.4) is 0 Å². The Morgan fingerprint density at radius 2 is 1.76 bits per heavy atom. The van der Waals surface area contributed by atoms with Gasteiger partial charge in [0, 0.05) is 16.9 Å². The second-order valence-electron chi connectivity index (χ2n) is 8.49. The van der Waals surface area contributed by atoms with Crippen molar-refractivity contribution in [1.29, 1.82) is 5.41 Å². The highest BCUT2D eigenvalue weighted by molar-refractivity contribution is 8.16. The normalized spacial score (nSPS) is 14.9. The molecule has 196 valence electrons. The summed E-state index contributed by atoms with van der Waals surface area (Å²) in [6, 6.07) is 20.6. The maximum absolute atomic E-state index is 12.2. The van der Waals surface area contributed by atoms with Crippen molar-refractivity contribution < 1.29 is 17.9 Å². The Balaban J connectivity index is 1.31. The van der Waals surface area contributed by atoms with Crippen LogP contribution in [-0.2, 0) is 0 Å². The lowest BCUT2D eigenvalue weighted by molar-refractivity contribution is -0.274. The summed E-state index contributed by atoms with van der Waals surface area (Å²) in [4.78, 5) is 6.19. The molecule has 0 amide bonds. The maximum Gasteiger partial charge on any atom is 0.573 e. The van der Waals surface area contributed by atoms with Gasteiger partial charge in [-0.15, -0.1) is 18.3 Å². The minimum atomic E-state index is -4.74. The number of amidine groups is 2. The van der Waals surface area contributed by atoms with E-state index in [1.807, 2.05) is 24.3 Å². The standard InChI is InChI=1S/C27H25F3N6OS/c1-18(2)23-5-3-4-6-24(23)36-17-38-26(36)35-34-15-19-7-9-20(10-8-19)25(31)33-16-32-21-11-13-22(14-12-21)37-27(28,29)30/h3-16,18H,17H2,1-2H3,(H2,31,32,33)/b34-15+,35-26-. The summed E-state index contributed by atoms with van der Waals surface area (Å²) in [5, 5.41) is 20.4. The van der Waals surface area contributed by atoms with Crippen molar-refractivity contribution >= 4 is 46.7 Å². The predicted octanol–water partition coefficient (Wildman–Crippen LogP) is 7.08. The van der Waals surface area contributed by atoms with E-state index in [2.05, 4.69) is 56.1 Å². The van der Waals surface area contributed by atoms with Crippen LogP contribution in [0.1, 0.15) is 36.5 Å². The van der Waals surface area contributed by atoms with E-state index in [0.29, 0.717) is 17.2 Å². The van der Waals surface area contributed by atoms with E-state index in [0.717, 1.165) is 22.3 Å². The van der Waals surface area contributed by atoms with E-state index in [9.17, 15) is 13.2 Å². The highest BCUT2D eigenvalue weighted by Crippen LogP contribution is 2.35. The molecule has 0 spiro atoms. The predicted molar refractivity (Wildman–Crippen MR) is 149 cm³/mol. The molecular formula is C27H25F3N6OS. The summed E-state index contributed by atoms with van der Waals surface area (Å²) in [6.07, 6.45) is -1.78. The van der Waals surface area contributed by atoms with Crippen LogP contribution in [0, 0.1) is 5.41 Å². The van der Waals surface area contributed by atoms with Gasteiger partial charge in [0.1, 0.15) is 5.75 Å². The molecule has 0 atom stereocenters. The molecule has 1 fully saturated rings. The van der Waals surface area contributed by atoms with Crippen LogP contribution in [0.2, 0.25) is 0 Å². The van der Waals surface area contributed by atoms with E-state index >= 15 is 0 Å². The van der Waals surface area contributed by atoms with Gasteiger partial charge in [-0.25, -0.2) is 4.99 Å². The highest BCUT2D eigenvalue weighted by Gasteiger charge is 2.31. The Hall–Kier alpha value is -4.12. The van der Waals surface area contributed by atoms with Gasteiger partial charge in [0.05, 0.1) is 18.4 Å². The fourth-order valence-electron chi connectivity index (χ4n) is 3.53. The van der Waals surface area contributed by atoms with Gasteiger partial charge in [0.15, 0.2) is 11.0 Å². The van der Waals surface area contributed by atoms with Crippen LogP contribution in [0.5, 0.6) is 5.75 Å². The number of aliphatic imine (C=N–C) groups is 1. The molecule has 1 aliphatic heterocycles. The zero-order chi connectivity index (χ0) is 27.1. The first-order chi connectivity index (χ1) is 18.2. The second kappa shape index (κ2) is 12.0.